The zero-order valence-electron chi connectivity index (χ0n) is 3.08. The van der Waals surface area contributed by atoms with Gasteiger partial charge in [0, 0.05) is 0 Å². The monoisotopic (exact) mass is 218 g/mol. The Morgan fingerprint density at radius 1 is 1.67 bits per heavy atom. The van der Waals surface area contributed by atoms with Gasteiger partial charge in [-0.3, -0.25) is 0 Å². The van der Waals surface area contributed by atoms with Crippen molar-refractivity contribution in [1.82, 2.24) is 0 Å². The first kappa shape index (κ1) is 6.91. The van der Waals surface area contributed by atoms with Crippen molar-refractivity contribution in [1.29, 1.82) is 0 Å². The first-order valence-electron chi connectivity index (χ1n) is 1.14. The van der Waals surface area contributed by atoms with Gasteiger partial charge in [-0.2, -0.15) is 0 Å². The van der Waals surface area contributed by atoms with E-state index in [0.717, 1.165) is 0 Å². The average Bonchev–Trinajstić information content (AvgIpc) is 1.35. The van der Waals surface area contributed by atoms with Gasteiger partial charge in [-0.1, -0.05) is 0 Å². The van der Waals surface area contributed by atoms with Gasteiger partial charge in [0.05, 0.1) is 0 Å². The SMILES string of the molecule is O=P([O-])([O-])[O][SnH3]. The zero-order valence-corrected chi connectivity index (χ0v) is 9.68. The average molecular weight is 217 g/mol. The van der Waals surface area contributed by atoms with Gasteiger partial charge in [0.2, 0.25) is 0 Å². The van der Waals surface area contributed by atoms with Gasteiger partial charge in [-0.05, 0) is 0 Å². The van der Waals surface area contributed by atoms with Crippen LogP contribution in [0.1, 0.15) is 0 Å². The molecule has 0 heterocycles. The van der Waals surface area contributed by atoms with Crippen LogP contribution in [0.4, 0.5) is 0 Å². The van der Waals surface area contributed by atoms with Crippen LogP contribution in [0, 0.1) is 0 Å². The molecule has 0 aliphatic rings. The molecule has 6 heteroatoms. The van der Waals surface area contributed by atoms with E-state index in [4.69, 9.17) is 0 Å². The van der Waals surface area contributed by atoms with Gasteiger partial charge in [0.15, 0.2) is 0 Å². The van der Waals surface area contributed by atoms with Crippen LogP contribution < -0.4 is 9.79 Å². The molecule has 38 valence electrons. The fourth-order valence-electron chi connectivity index (χ4n) is 0. The normalized spacial score (nSPS) is 12.3. The van der Waals surface area contributed by atoms with Crippen molar-refractivity contribution < 1.29 is 17.2 Å². The molecule has 0 N–H and O–H groups in total. The molecule has 0 fully saturated rings. The molecule has 0 rings (SSSR count). The van der Waals surface area contributed by atoms with Gasteiger partial charge in [0.25, 0.3) is 0 Å². The van der Waals surface area contributed by atoms with Crippen LogP contribution >= 0.6 is 7.82 Å². The third-order valence-corrected chi connectivity index (χ3v) is 4.50. The molecule has 0 bridgehead atoms. The standard InChI is InChI=1S/H3O4P.Sn.3H/c1-5(2,3)4;;;;/h(H3,1,2,3,4);;;;/q;+1;;;/p-3. The Morgan fingerprint density at radius 2 is 1.83 bits per heavy atom. The summed E-state index contributed by atoms with van der Waals surface area (Å²) in [6.07, 6.45) is 0. The maximum atomic E-state index is 9.30. The van der Waals surface area contributed by atoms with Gasteiger partial charge in [0.1, 0.15) is 0 Å². The Labute approximate surface area is 48.4 Å². The topological polar surface area (TPSA) is 72.4 Å². The van der Waals surface area contributed by atoms with E-state index in [1.54, 1.807) is 0 Å². The van der Waals surface area contributed by atoms with Crippen molar-refractivity contribution >= 4 is 30.8 Å². The number of hydrogen-bond donors (Lipinski definition) is 0. The fraction of sp³-hybridized carbons (Fsp3) is 0. The van der Waals surface area contributed by atoms with Crippen LogP contribution in [-0.4, -0.2) is 22.9 Å². The second-order valence-electron chi connectivity index (χ2n) is 0.630. The third-order valence-electron chi connectivity index (χ3n) is 0.224. The molecular weight excluding hydrogens is 214 g/mol. The second kappa shape index (κ2) is 2.28. The zero-order chi connectivity index (χ0) is 5.21. The van der Waals surface area contributed by atoms with Gasteiger partial charge in [-0.15, -0.1) is 0 Å². The first-order valence-corrected chi connectivity index (χ1v) is 4.93. The van der Waals surface area contributed by atoms with Crippen molar-refractivity contribution in [2.45, 2.75) is 0 Å². The molecule has 0 amide bonds. The van der Waals surface area contributed by atoms with E-state index in [1.807, 2.05) is 0 Å². The first-order chi connectivity index (χ1) is 2.56. The molecule has 0 aromatic carbocycles. The number of hydrogen-bond acceptors (Lipinski definition) is 4. The molecule has 4 nitrogen and oxygen atoms in total. The summed E-state index contributed by atoms with van der Waals surface area (Å²) in [6.45, 7) is 0. The minimum absolute atomic E-state index is 0.481. The van der Waals surface area contributed by atoms with Crippen molar-refractivity contribution in [3.05, 3.63) is 0 Å². The predicted molar refractivity (Wildman–Crippen MR) is 18.6 cm³/mol. The van der Waals surface area contributed by atoms with E-state index in [1.165, 1.54) is 0 Å². The van der Waals surface area contributed by atoms with E-state index in [2.05, 4.69) is 2.86 Å². The third kappa shape index (κ3) is 4.91. The quantitative estimate of drug-likeness (QED) is 0.349. The van der Waals surface area contributed by atoms with E-state index in [-0.39, 0.29) is 0 Å². The summed E-state index contributed by atoms with van der Waals surface area (Å²) in [5, 5.41) is 0. The second-order valence-corrected chi connectivity index (χ2v) is 5.02. The van der Waals surface area contributed by atoms with Crippen LogP contribution in [0.2, 0.25) is 0 Å². The van der Waals surface area contributed by atoms with Crippen molar-refractivity contribution in [3.63, 3.8) is 0 Å². The molecule has 0 saturated carbocycles. The molecule has 0 aromatic rings. The molecule has 0 radical (unpaired) electrons. The van der Waals surface area contributed by atoms with E-state index in [9.17, 15) is 14.4 Å². The van der Waals surface area contributed by atoms with E-state index in [0.29, 0.717) is 0 Å². The van der Waals surface area contributed by atoms with Crippen LogP contribution in [-0.2, 0) is 7.43 Å². The van der Waals surface area contributed by atoms with Gasteiger partial charge in [-0.25, -0.2) is 0 Å². The molecule has 0 atom stereocenters. The number of rotatable bonds is 1. The molecule has 0 spiro atoms. The molecule has 0 saturated heterocycles. The summed E-state index contributed by atoms with van der Waals surface area (Å²) in [7, 11) is -4.55. The molecule has 0 aliphatic carbocycles. The summed E-state index contributed by atoms with van der Waals surface area (Å²) in [5.74, 6) is 0. The van der Waals surface area contributed by atoms with Gasteiger partial charge >= 0.3 is 48.0 Å². The predicted octanol–water partition coefficient (Wildman–Crippen LogP) is -2.89. The van der Waals surface area contributed by atoms with Crippen molar-refractivity contribution in [3.8, 4) is 0 Å². The Morgan fingerprint density at radius 3 is 1.83 bits per heavy atom. The van der Waals surface area contributed by atoms with Crippen LogP contribution in [0.3, 0.4) is 0 Å². The summed E-state index contributed by atoms with van der Waals surface area (Å²) >= 11 is -0.481. The molecule has 0 unspecified atom stereocenters. The molecule has 6 heavy (non-hydrogen) atoms. The summed E-state index contributed by atoms with van der Waals surface area (Å²) in [6, 6.07) is 0. The maximum absolute atomic E-state index is 9.30. The van der Waals surface area contributed by atoms with E-state index >= 15 is 0 Å². The molecule has 0 aliphatic heterocycles. The van der Waals surface area contributed by atoms with Crippen molar-refractivity contribution in [2.24, 2.45) is 0 Å². The Kier molecular flexibility index (Phi) is 2.62. The minimum atomic E-state index is -4.55. The number of phosphoric acid groups is 1. The Hall–Kier alpha value is 0.909. The van der Waals surface area contributed by atoms with Gasteiger partial charge < -0.3 is 0 Å². The van der Waals surface area contributed by atoms with E-state index < -0.39 is 30.8 Å². The molecule has 0 aromatic heterocycles. The molecular formula is H3O4PSn-2. The summed E-state index contributed by atoms with van der Waals surface area (Å²) in [5.41, 5.74) is 0. The fourth-order valence-corrected chi connectivity index (χ4v) is 0. The van der Waals surface area contributed by atoms with Crippen LogP contribution in [0.25, 0.3) is 0 Å². The Balaban J connectivity index is 3.48. The Bertz CT molecular complexity index is 71.6. The van der Waals surface area contributed by atoms with Crippen LogP contribution in [0.15, 0.2) is 0 Å². The van der Waals surface area contributed by atoms with Crippen LogP contribution in [0.5, 0.6) is 0 Å². The summed E-state index contributed by atoms with van der Waals surface area (Å²) in [4.78, 5) is 18.6. The summed E-state index contributed by atoms with van der Waals surface area (Å²) < 4.78 is 12.9. The van der Waals surface area contributed by atoms with Crippen molar-refractivity contribution in [2.75, 3.05) is 0 Å².